The molecule has 1 heterocycles. The van der Waals surface area contributed by atoms with Crippen LogP contribution in [0.5, 0.6) is 0 Å². The number of carbonyl (C=O) groups excluding carboxylic acids is 4. The first-order valence-electron chi connectivity index (χ1n) is 9.06. The normalized spacial score (nSPS) is 16.2. The summed E-state index contributed by atoms with van der Waals surface area (Å²) in [6.45, 7) is 6.31. The Kier molecular flexibility index (Phi) is 6.92. The van der Waals surface area contributed by atoms with Gasteiger partial charge in [0.2, 0.25) is 5.91 Å². The molecule has 0 fully saturated rings. The number of imide groups is 1. The molecular weight excluding hydrogens is 362 g/mol. The molecule has 2 atom stereocenters. The predicted octanol–water partition coefficient (Wildman–Crippen LogP) is 2.12. The average Bonchev–Trinajstić information content (AvgIpc) is 2.60. The van der Waals surface area contributed by atoms with Crippen molar-refractivity contribution in [3.8, 4) is 0 Å². The van der Waals surface area contributed by atoms with Crippen LogP contribution in [0.3, 0.4) is 0 Å². The molecule has 0 saturated carbocycles. The summed E-state index contributed by atoms with van der Waals surface area (Å²) >= 11 is 0. The molecule has 0 aromatic heterocycles. The number of nitrogens with one attached hydrogen (secondary N) is 2. The molecule has 0 aliphatic carbocycles. The molecule has 1 aromatic rings. The summed E-state index contributed by atoms with van der Waals surface area (Å²) in [6.07, 6.45) is 2.18. The van der Waals surface area contributed by atoms with Crippen molar-refractivity contribution >= 4 is 29.9 Å². The van der Waals surface area contributed by atoms with Crippen LogP contribution in [0.1, 0.15) is 51.3 Å². The lowest BCUT2D eigenvalue weighted by atomic mass is 9.94. The quantitative estimate of drug-likeness (QED) is 0.753. The number of amides is 4. The van der Waals surface area contributed by atoms with Gasteiger partial charge in [-0.3, -0.25) is 19.7 Å². The number of hydrogen-bond acceptors (Lipinski definition) is 5. The highest BCUT2D eigenvalue weighted by Gasteiger charge is 2.30. The number of nitrogens with zero attached hydrogens (tertiary/aromatic N) is 1. The summed E-state index contributed by atoms with van der Waals surface area (Å²) in [5.41, 5.74) is 1.74. The molecule has 1 aliphatic heterocycles. The lowest BCUT2D eigenvalue weighted by Crippen LogP contribution is -2.46. The minimum atomic E-state index is -1.15. The zero-order chi connectivity index (χ0) is 20.8. The number of benzene rings is 1. The van der Waals surface area contributed by atoms with Crippen molar-refractivity contribution < 1.29 is 23.9 Å². The summed E-state index contributed by atoms with van der Waals surface area (Å²) in [6, 6.07) is 6.13. The topological polar surface area (TPSA) is 105 Å². The fourth-order valence-corrected chi connectivity index (χ4v) is 2.88. The van der Waals surface area contributed by atoms with Gasteiger partial charge >= 0.3 is 12.0 Å². The summed E-state index contributed by atoms with van der Waals surface area (Å²) in [5, 5.41) is 4.63. The van der Waals surface area contributed by atoms with Crippen LogP contribution in [0, 0.1) is 0 Å². The second-order valence-corrected chi connectivity index (χ2v) is 6.84. The van der Waals surface area contributed by atoms with Crippen molar-refractivity contribution in [2.24, 2.45) is 0 Å². The van der Waals surface area contributed by atoms with Crippen molar-refractivity contribution in [3.05, 3.63) is 41.6 Å². The summed E-state index contributed by atoms with van der Waals surface area (Å²) in [5.74, 6) is -1.58. The van der Waals surface area contributed by atoms with Gasteiger partial charge in [-0.2, -0.15) is 0 Å². The third-order valence-corrected chi connectivity index (χ3v) is 4.16. The van der Waals surface area contributed by atoms with Gasteiger partial charge < -0.3 is 15.0 Å². The smallest absolute Gasteiger partial charge is 0.321 e. The molecule has 0 bridgehead atoms. The molecule has 0 unspecified atom stereocenters. The first-order valence-corrected chi connectivity index (χ1v) is 9.06. The van der Waals surface area contributed by atoms with Gasteiger partial charge in [0.15, 0.2) is 6.10 Å². The van der Waals surface area contributed by atoms with Crippen molar-refractivity contribution in [1.82, 2.24) is 15.5 Å². The molecule has 0 spiro atoms. The van der Waals surface area contributed by atoms with Gasteiger partial charge in [-0.15, -0.1) is 0 Å². The van der Waals surface area contributed by atoms with E-state index in [-0.39, 0.29) is 18.4 Å². The van der Waals surface area contributed by atoms with E-state index in [0.29, 0.717) is 0 Å². The van der Waals surface area contributed by atoms with Crippen molar-refractivity contribution in [2.45, 2.75) is 52.3 Å². The highest BCUT2D eigenvalue weighted by Crippen LogP contribution is 2.33. The molecule has 2 rings (SSSR count). The van der Waals surface area contributed by atoms with Gasteiger partial charge in [-0.25, -0.2) is 4.79 Å². The molecule has 0 radical (unpaired) electrons. The van der Waals surface area contributed by atoms with Gasteiger partial charge in [0.05, 0.1) is 12.5 Å². The largest absolute Gasteiger partial charge is 0.452 e. The number of ether oxygens (including phenoxy) is 1. The van der Waals surface area contributed by atoms with Crippen LogP contribution in [-0.2, 0) is 19.1 Å². The van der Waals surface area contributed by atoms with Gasteiger partial charge in [-0.1, -0.05) is 24.3 Å². The van der Waals surface area contributed by atoms with E-state index in [0.717, 1.165) is 11.1 Å². The van der Waals surface area contributed by atoms with Gasteiger partial charge in [-0.05, 0) is 38.0 Å². The number of hydrogen-bond donors (Lipinski definition) is 2. The summed E-state index contributed by atoms with van der Waals surface area (Å²) in [4.78, 5) is 49.4. The minimum Gasteiger partial charge on any atom is -0.452 e. The Hall–Kier alpha value is -3.16. The van der Waals surface area contributed by atoms with E-state index in [1.165, 1.54) is 18.7 Å². The fourth-order valence-electron chi connectivity index (χ4n) is 2.88. The van der Waals surface area contributed by atoms with E-state index in [1.54, 1.807) is 20.0 Å². The minimum absolute atomic E-state index is 0.114. The molecule has 2 N–H and O–H groups in total. The zero-order valence-corrected chi connectivity index (χ0v) is 16.4. The molecular formula is C20H25N3O5. The van der Waals surface area contributed by atoms with Crippen LogP contribution < -0.4 is 10.6 Å². The summed E-state index contributed by atoms with van der Waals surface area (Å²) in [7, 11) is 0. The first-order chi connectivity index (χ1) is 13.2. The van der Waals surface area contributed by atoms with E-state index in [9.17, 15) is 19.2 Å². The van der Waals surface area contributed by atoms with Crippen LogP contribution in [-0.4, -0.2) is 40.9 Å². The van der Waals surface area contributed by atoms with Crippen molar-refractivity contribution in [2.75, 3.05) is 0 Å². The third kappa shape index (κ3) is 5.42. The SMILES string of the molecule is CC(=O)N1C=Cc2ccccc2[C@H]1CC(=O)O[C@@H](C)C(=O)NC(=O)NC(C)C. The number of fused-ring (bicyclic) bond motifs is 1. The molecule has 4 amide bonds. The number of urea groups is 1. The Balaban J connectivity index is 2.02. The van der Waals surface area contributed by atoms with E-state index in [4.69, 9.17) is 4.74 Å². The Morgan fingerprint density at radius 1 is 1.14 bits per heavy atom. The number of carbonyl (C=O) groups is 4. The summed E-state index contributed by atoms with van der Waals surface area (Å²) < 4.78 is 5.17. The Bertz CT molecular complexity index is 803. The van der Waals surface area contributed by atoms with Crippen LogP contribution in [0.25, 0.3) is 6.08 Å². The fraction of sp³-hybridized carbons (Fsp3) is 0.400. The van der Waals surface area contributed by atoms with E-state index < -0.39 is 30.1 Å². The van der Waals surface area contributed by atoms with Gasteiger partial charge in [0.25, 0.3) is 5.91 Å². The highest BCUT2D eigenvalue weighted by molar-refractivity contribution is 5.97. The first kappa shape index (κ1) is 21.1. The maximum absolute atomic E-state index is 12.4. The Morgan fingerprint density at radius 3 is 2.46 bits per heavy atom. The molecule has 8 heteroatoms. The van der Waals surface area contributed by atoms with Crippen LogP contribution in [0.2, 0.25) is 0 Å². The second kappa shape index (κ2) is 9.16. The molecule has 1 aliphatic rings. The van der Waals surface area contributed by atoms with Crippen molar-refractivity contribution in [3.63, 3.8) is 0 Å². The molecule has 150 valence electrons. The Morgan fingerprint density at radius 2 is 1.82 bits per heavy atom. The van der Waals surface area contributed by atoms with Crippen LogP contribution >= 0.6 is 0 Å². The third-order valence-electron chi connectivity index (χ3n) is 4.16. The van der Waals surface area contributed by atoms with E-state index in [1.807, 2.05) is 30.3 Å². The molecule has 0 saturated heterocycles. The predicted molar refractivity (Wildman–Crippen MR) is 103 cm³/mol. The van der Waals surface area contributed by atoms with Crippen LogP contribution in [0.4, 0.5) is 4.79 Å². The second-order valence-electron chi connectivity index (χ2n) is 6.84. The highest BCUT2D eigenvalue weighted by atomic mass is 16.5. The van der Waals surface area contributed by atoms with Gasteiger partial charge in [0, 0.05) is 19.2 Å². The monoisotopic (exact) mass is 387 g/mol. The molecule has 1 aromatic carbocycles. The van der Waals surface area contributed by atoms with E-state index >= 15 is 0 Å². The van der Waals surface area contributed by atoms with Crippen molar-refractivity contribution in [1.29, 1.82) is 0 Å². The maximum Gasteiger partial charge on any atom is 0.321 e. The number of rotatable bonds is 5. The lowest BCUT2D eigenvalue weighted by Gasteiger charge is -2.32. The maximum atomic E-state index is 12.4. The van der Waals surface area contributed by atoms with Gasteiger partial charge in [0.1, 0.15) is 0 Å². The van der Waals surface area contributed by atoms with Crippen LogP contribution in [0.15, 0.2) is 30.5 Å². The average molecular weight is 387 g/mol. The number of esters is 1. The van der Waals surface area contributed by atoms with E-state index in [2.05, 4.69) is 10.6 Å². The molecule has 28 heavy (non-hydrogen) atoms. The lowest BCUT2D eigenvalue weighted by molar-refractivity contribution is -0.155. The standard InChI is InChI=1S/C20H25N3O5/c1-12(2)21-20(27)22-19(26)13(3)28-18(25)11-17-16-8-6-5-7-15(16)9-10-23(17)14(4)24/h5-10,12-13,17H,11H2,1-4H3,(H2,21,22,26,27)/t13-,17+/m0/s1. The molecule has 8 nitrogen and oxygen atoms in total. The zero-order valence-electron chi connectivity index (χ0n) is 16.4. The Labute approximate surface area is 163 Å².